The molecule has 8 nitrogen and oxygen atoms in total. The number of aromatic hydroxyl groups is 1. The molecule has 1 aliphatic rings. The summed E-state index contributed by atoms with van der Waals surface area (Å²) in [5.41, 5.74) is 12.4. The molecule has 0 spiro atoms. The van der Waals surface area contributed by atoms with Crippen molar-refractivity contribution in [3.63, 3.8) is 0 Å². The van der Waals surface area contributed by atoms with E-state index in [0.717, 1.165) is 22.3 Å². The van der Waals surface area contributed by atoms with E-state index in [-0.39, 0.29) is 24.1 Å². The number of ketones is 1. The average Bonchev–Trinajstić information content (AvgIpc) is 3.37. The summed E-state index contributed by atoms with van der Waals surface area (Å²) in [4.78, 5) is 11.8. The van der Waals surface area contributed by atoms with Gasteiger partial charge in [-0.05, 0) is 47.7 Å². The van der Waals surface area contributed by atoms with Crippen molar-refractivity contribution >= 4 is 11.6 Å². The van der Waals surface area contributed by atoms with E-state index in [2.05, 4.69) is 21.6 Å². The Hall–Kier alpha value is -3.88. The number of hydrazone groups is 1. The Bertz CT molecular complexity index is 1220. The Morgan fingerprint density at radius 3 is 2.47 bits per heavy atom. The Morgan fingerprint density at radius 1 is 1.06 bits per heavy atom. The molecule has 0 aromatic heterocycles. The summed E-state index contributed by atoms with van der Waals surface area (Å²) in [7, 11) is 0. The van der Waals surface area contributed by atoms with Crippen LogP contribution in [0.1, 0.15) is 71.0 Å². The zero-order chi connectivity index (χ0) is 24.2. The van der Waals surface area contributed by atoms with Crippen LogP contribution < -0.4 is 21.2 Å². The SMILES string of the molecule is CC(=O)c1ccc(OCc2ccc(C(O)c3cccc(C4=NNNN4)c3)cc2)c(C(C)C)c1O. The normalized spacial score (nSPS) is 13.7. The van der Waals surface area contributed by atoms with Crippen molar-refractivity contribution in [2.75, 3.05) is 0 Å². The number of Topliss-reactive ketones (excluding diaryl/α,β-unsaturated/α-hetero) is 1. The second-order valence-corrected chi connectivity index (χ2v) is 8.46. The third kappa shape index (κ3) is 4.88. The van der Waals surface area contributed by atoms with Crippen LogP contribution in [0.25, 0.3) is 0 Å². The lowest BCUT2D eigenvalue weighted by Crippen LogP contribution is -2.35. The number of hydrogen-bond acceptors (Lipinski definition) is 8. The topological polar surface area (TPSA) is 115 Å². The van der Waals surface area contributed by atoms with Gasteiger partial charge in [0.15, 0.2) is 11.6 Å². The van der Waals surface area contributed by atoms with Gasteiger partial charge in [-0.1, -0.05) is 56.3 Å². The molecule has 0 amide bonds. The maximum absolute atomic E-state index is 11.8. The van der Waals surface area contributed by atoms with E-state index < -0.39 is 6.10 Å². The van der Waals surface area contributed by atoms with Crippen molar-refractivity contribution < 1.29 is 19.7 Å². The summed E-state index contributed by atoms with van der Waals surface area (Å²) in [5.74, 6) is 0.965. The molecule has 176 valence electrons. The van der Waals surface area contributed by atoms with Crippen LogP contribution in [0.3, 0.4) is 0 Å². The first kappa shape index (κ1) is 23.3. The van der Waals surface area contributed by atoms with Crippen LogP contribution in [0.2, 0.25) is 0 Å². The molecule has 0 bridgehead atoms. The first-order chi connectivity index (χ1) is 16.3. The van der Waals surface area contributed by atoms with E-state index in [1.165, 1.54) is 6.92 Å². The molecule has 0 fully saturated rings. The predicted octanol–water partition coefficient (Wildman–Crippen LogP) is 3.65. The zero-order valence-corrected chi connectivity index (χ0v) is 19.3. The van der Waals surface area contributed by atoms with Crippen molar-refractivity contribution in [2.24, 2.45) is 5.10 Å². The smallest absolute Gasteiger partial charge is 0.170 e. The molecule has 34 heavy (non-hydrogen) atoms. The van der Waals surface area contributed by atoms with Gasteiger partial charge in [0, 0.05) is 11.1 Å². The van der Waals surface area contributed by atoms with Gasteiger partial charge in [0.25, 0.3) is 0 Å². The number of phenols is 1. The Balaban J connectivity index is 1.47. The van der Waals surface area contributed by atoms with Crippen molar-refractivity contribution in [1.29, 1.82) is 0 Å². The number of nitrogens with one attached hydrogen (secondary N) is 3. The minimum atomic E-state index is -0.790. The summed E-state index contributed by atoms with van der Waals surface area (Å²) in [5, 5.41) is 25.5. The molecule has 3 aromatic rings. The molecule has 3 aromatic carbocycles. The maximum Gasteiger partial charge on any atom is 0.170 e. The third-order valence-corrected chi connectivity index (χ3v) is 5.70. The Morgan fingerprint density at radius 2 is 1.82 bits per heavy atom. The molecule has 0 saturated heterocycles. The number of aliphatic hydroxyl groups is 1. The second kappa shape index (κ2) is 9.94. The quantitative estimate of drug-likeness (QED) is 0.326. The van der Waals surface area contributed by atoms with Crippen LogP contribution in [-0.2, 0) is 6.61 Å². The number of amidine groups is 1. The lowest BCUT2D eigenvalue weighted by molar-refractivity contribution is 0.101. The van der Waals surface area contributed by atoms with Gasteiger partial charge in [0.1, 0.15) is 24.2 Å². The van der Waals surface area contributed by atoms with Gasteiger partial charge in [-0.15, -0.1) is 10.6 Å². The van der Waals surface area contributed by atoms with E-state index in [9.17, 15) is 15.0 Å². The standard InChI is InChI=1S/C26H28N4O4/c1-15(2)23-22(12-11-21(16(3)31)25(23)33)34-14-17-7-9-18(10-8-17)24(32)19-5-4-6-20(13-19)26-27-29-30-28-26/h4-13,15,24,29-30,32-33H,14H2,1-3H3,(H,27,28). The molecule has 1 unspecified atom stereocenters. The van der Waals surface area contributed by atoms with Crippen molar-refractivity contribution in [1.82, 2.24) is 16.5 Å². The molecule has 8 heteroatoms. The highest BCUT2D eigenvalue weighted by atomic mass is 16.5. The minimum absolute atomic E-state index is 0.0143. The summed E-state index contributed by atoms with van der Waals surface area (Å²) in [6.45, 7) is 5.61. The van der Waals surface area contributed by atoms with E-state index in [0.29, 0.717) is 22.7 Å². The van der Waals surface area contributed by atoms with Crippen molar-refractivity contribution in [3.8, 4) is 11.5 Å². The number of phenolic OH excluding ortho intramolecular Hbond substituents is 1. The monoisotopic (exact) mass is 460 g/mol. The highest BCUT2D eigenvalue weighted by Crippen LogP contribution is 2.37. The Kier molecular flexibility index (Phi) is 6.81. The van der Waals surface area contributed by atoms with E-state index >= 15 is 0 Å². The van der Waals surface area contributed by atoms with Gasteiger partial charge in [-0.25, -0.2) is 5.53 Å². The molecule has 0 radical (unpaired) electrons. The highest BCUT2D eigenvalue weighted by Gasteiger charge is 2.19. The number of hydrazine groups is 2. The number of aliphatic hydroxyl groups excluding tert-OH is 1. The van der Waals surface area contributed by atoms with Crippen LogP contribution >= 0.6 is 0 Å². The van der Waals surface area contributed by atoms with E-state index in [1.807, 2.05) is 62.4 Å². The van der Waals surface area contributed by atoms with Crippen molar-refractivity contribution in [3.05, 3.63) is 94.0 Å². The summed E-state index contributed by atoms with van der Waals surface area (Å²) in [6.07, 6.45) is -0.790. The largest absolute Gasteiger partial charge is 0.507 e. The number of carbonyl (C=O) groups excluding carboxylic acids is 1. The third-order valence-electron chi connectivity index (χ3n) is 5.70. The van der Waals surface area contributed by atoms with Crippen molar-refractivity contribution in [2.45, 2.75) is 39.4 Å². The van der Waals surface area contributed by atoms with Crippen LogP contribution in [0.5, 0.6) is 11.5 Å². The molecule has 1 aliphatic heterocycles. The molecule has 0 saturated carbocycles. The number of ether oxygens (including phenoxy) is 1. The van der Waals surface area contributed by atoms with Crippen LogP contribution in [0, 0.1) is 0 Å². The maximum atomic E-state index is 11.8. The first-order valence-electron chi connectivity index (χ1n) is 11.1. The van der Waals surface area contributed by atoms with Crippen LogP contribution in [0.15, 0.2) is 65.8 Å². The molecular weight excluding hydrogens is 432 g/mol. The molecule has 1 atom stereocenters. The fourth-order valence-corrected chi connectivity index (χ4v) is 3.90. The highest BCUT2D eigenvalue weighted by molar-refractivity contribution is 5.99. The number of carbonyl (C=O) groups is 1. The Labute approximate surface area is 198 Å². The lowest BCUT2D eigenvalue weighted by Gasteiger charge is -2.18. The number of rotatable bonds is 8. The van der Waals surface area contributed by atoms with E-state index in [4.69, 9.17) is 4.74 Å². The van der Waals surface area contributed by atoms with Gasteiger partial charge >= 0.3 is 0 Å². The first-order valence-corrected chi connectivity index (χ1v) is 11.1. The van der Waals surface area contributed by atoms with Gasteiger partial charge < -0.3 is 14.9 Å². The molecule has 0 aliphatic carbocycles. The number of benzene rings is 3. The van der Waals surface area contributed by atoms with Gasteiger partial charge in [-0.2, -0.15) is 0 Å². The zero-order valence-electron chi connectivity index (χ0n) is 19.3. The lowest BCUT2D eigenvalue weighted by atomic mass is 9.96. The number of hydrogen-bond donors (Lipinski definition) is 5. The van der Waals surface area contributed by atoms with Gasteiger partial charge in [0.2, 0.25) is 0 Å². The summed E-state index contributed by atoms with van der Waals surface area (Å²) < 4.78 is 5.99. The fourth-order valence-electron chi connectivity index (χ4n) is 3.90. The van der Waals surface area contributed by atoms with Crippen LogP contribution in [0.4, 0.5) is 0 Å². The number of nitrogens with zero attached hydrogens (tertiary/aromatic N) is 1. The average molecular weight is 461 g/mol. The van der Waals surface area contributed by atoms with Gasteiger partial charge in [-0.3, -0.25) is 10.2 Å². The van der Waals surface area contributed by atoms with Crippen LogP contribution in [-0.4, -0.2) is 21.8 Å². The summed E-state index contributed by atoms with van der Waals surface area (Å²) in [6, 6.07) is 18.4. The van der Waals surface area contributed by atoms with Gasteiger partial charge in [0.05, 0.1) is 5.56 Å². The second-order valence-electron chi connectivity index (χ2n) is 8.46. The predicted molar refractivity (Wildman–Crippen MR) is 129 cm³/mol. The summed E-state index contributed by atoms with van der Waals surface area (Å²) >= 11 is 0. The van der Waals surface area contributed by atoms with E-state index in [1.54, 1.807) is 12.1 Å². The fraction of sp³-hybridized carbons (Fsp3) is 0.231. The molecule has 5 N–H and O–H groups in total. The molecule has 1 heterocycles. The molecular formula is C26H28N4O4. The minimum Gasteiger partial charge on any atom is -0.507 e. The molecule has 4 rings (SSSR count).